The van der Waals surface area contributed by atoms with Gasteiger partial charge in [0.25, 0.3) is 5.91 Å². The first-order chi connectivity index (χ1) is 16.5. The Balaban J connectivity index is 1.26. The number of carbonyl (C=O) groups is 2. The summed E-state index contributed by atoms with van der Waals surface area (Å²) in [5.41, 5.74) is 4.04. The fourth-order valence-electron chi connectivity index (χ4n) is 4.90. The number of nitrogens with zero attached hydrogens (tertiary/aromatic N) is 4. The quantitative estimate of drug-likeness (QED) is 0.642. The molecule has 2 aliphatic rings. The molecule has 1 unspecified atom stereocenters. The van der Waals surface area contributed by atoms with E-state index in [1.54, 1.807) is 20.1 Å². The SMILES string of the molecule is COC(CNC(=O)c1cc(CC2CCN(C(C)=O)CC2)ncn1)CN1CCc2ccccc2C1. The number of fused-ring (bicyclic) bond motifs is 1. The second-order valence-corrected chi connectivity index (χ2v) is 9.37. The fourth-order valence-corrected chi connectivity index (χ4v) is 4.90. The first-order valence-corrected chi connectivity index (χ1v) is 12.2. The predicted octanol–water partition coefficient (Wildman–Crippen LogP) is 2.08. The van der Waals surface area contributed by atoms with E-state index in [9.17, 15) is 9.59 Å². The van der Waals surface area contributed by atoms with Crippen molar-refractivity contribution in [1.82, 2.24) is 25.1 Å². The van der Waals surface area contributed by atoms with Crippen molar-refractivity contribution in [2.24, 2.45) is 5.92 Å². The van der Waals surface area contributed by atoms with Gasteiger partial charge >= 0.3 is 0 Å². The third-order valence-electron chi connectivity index (χ3n) is 7.01. The maximum absolute atomic E-state index is 12.8. The van der Waals surface area contributed by atoms with Crippen LogP contribution in [0.25, 0.3) is 0 Å². The second kappa shape index (κ2) is 11.5. The molecule has 8 heteroatoms. The Hall–Kier alpha value is -2.84. The summed E-state index contributed by atoms with van der Waals surface area (Å²) in [5.74, 6) is 0.397. The first-order valence-electron chi connectivity index (χ1n) is 12.2. The highest BCUT2D eigenvalue weighted by atomic mass is 16.5. The van der Waals surface area contributed by atoms with Crippen molar-refractivity contribution in [3.63, 3.8) is 0 Å². The van der Waals surface area contributed by atoms with Crippen LogP contribution in [0, 0.1) is 5.92 Å². The number of hydrogen-bond donors (Lipinski definition) is 1. The van der Waals surface area contributed by atoms with Gasteiger partial charge < -0.3 is 15.0 Å². The van der Waals surface area contributed by atoms with Crippen LogP contribution < -0.4 is 5.32 Å². The number of amides is 2. The number of rotatable bonds is 8. The zero-order valence-corrected chi connectivity index (χ0v) is 20.2. The van der Waals surface area contributed by atoms with E-state index in [0.717, 1.165) is 64.1 Å². The molecule has 0 saturated carbocycles. The molecule has 0 spiro atoms. The van der Waals surface area contributed by atoms with Gasteiger partial charge in [-0.05, 0) is 48.8 Å². The van der Waals surface area contributed by atoms with Gasteiger partial charge in [-0.2, -0.15) is 0 Å². The molecule has 1 N–H and O–H groups in total. The lowest BCUT2D eigenvalue weighted by molar-refractivity contribution is -0.130. The normalized spacial score (nSPS) is 17.8. The van der Waals surface area contributed by atoms with Crippen molar-refractivity contribution in [2.45, 2.75) is 45.3 Å². The summed E-state index contributed by atoms with van der Waals surface area (Å²) in [6.45, 7) is 6.29. The maximum Gasteiger partial charge on any atom is 0.270 e. The number of benzene rings is 1. The fraction of sp³-hybridized carbons (Fsp3) is 0.538. The van der Waals surface area contributed by atoms with E-state index in [1.165, 1.54) is 17.5 Å². The first kappa shape index (κ1) is 24.3. The minimum absolute atomic E-state index is 0.0954. The minimum atomic E-state index is -0.207. The number of carbonyl (C=O) groups excluding carboxylic acids is 2. The molecule has 34 heavy (non-hydrogen) atoms. The average molecular weight is 466 g/mol. The van der Waals surface area contributed by atoms with Crippen LogP contribution in [0.2, 0.25) is 0 Å². The third-order valence-corrected chi connectivity index (χ3v) is 7.01. The summed E-state index contributed by atoms with van der Waals surface area (Å²) in [4.78, 5) is 37.1. The average Bonchev–Trinajstić information content (AvgIpc) is 2.86. The lowest BCUT2D eigenvalue weighted by atomic mass is 9.92. The molecule has 3 heterocycles. The number of likely N-dealkylation sites (tertiary alicyclic amines) is 1. The van der Waals surface area contributed by atoms with E-state index in [1.807, 2.05) is 4.90 Å². The zero-order valence-electron chi connectivity index (χ0n) is 20.2. The Labute approximate surface area is 201 Å². The molecule has 182 valence electrons. The number of methoxy groups -OCH3 is 1. The van der Waals surface area contributed by atoms with Crippen LogP contribution in [0.3, 0.4) is 0 Å². The molecule has 4 rings (SSSR count). The van der Waals surface area contributed by atoms with Crippen LogP contribution in [0.4, 0.5) is 0 Å². The van der Waals surface area contributed by atoms with Crippen molar-refractivity contribution >= 4 is 11.8 Å². The Morgan fingerprint density at radius 1 is 1.15 bits per heavy atom. The van der Waals surface area contributed by atoms with Crippen LogP contribution in [-0.4, -0.2) is 77.5 Å². The highest BCUT2D eigenvalue weighted by Crippen LogP contribution is 2.21. The van der Waals surface area contributed by atoms with Gasteiger partial charge in [0.05, 0.1) is 6.10 Å². The van der Waals surface area contributed by atoms with E-state index in [-0.39, 0.29) is 17.9 Å². The molecular weight excluding hydrogens is 430 g/mol. The van der Waals surface area contributed by atoms with Gasteiger partial charge in [-0.25, -0.2) is 9.97 Å². The Kier molecular flexibility index (Phi) is 8.24. The molecular formula is C26H35N5O3. The number of ether oxygens (including phenoxy) is 1. The van der Waals surface area contributed by atoms with Crippen molar-refractivity contribution in [3.05, 3.63) is 59.2 Å². The highest BCUT2D eigenvalue weighted by Gasteiger charge is 2.23. The summed E-state index contributed by atoms with van der Waals surface area (Å²) in [6, 6.07) is 10.4. The third kappa shape index (κ3) is 6.39. The monoisotopic (exact) mass is 465 g/mol. The molecule has 8 nitrogen and oxygen atoms in total. The Morgan fingerprint density at radius 3 is 2.65 bits per heavy atom. The number of piperidine rings is 1. The van der Waals surface area contributed by atoms with Crippen molar-refractivity contribution < 1.29 is 14.3 Å². The van der Waals surface area contributed by atoms with E-state index < -0.39 is 0 Å². The molecule has 1 aromatic heterocycles. The smallest absolute Gasteiger partial charge is 0.270 e. The van der Waals surface area contributed by atoms with Crippen LogP contribution in [0.15, 0.2) is 36.7 Å². The predicted molar refractivity (Wildman–Crippen MR) is 129 cm³/mol. The molecule has 2 aliphatic heterocycles. The van der Waals surface area contributed by atoms with E-state index >= 15 is 0 Å². The summed E-state index contributed by atoms with van der Waals surface area (Å²) >= 11 is 0. The minimum Gasteiger partial charge on any atom is -0.378 e. The summed E-state index contributed by atoms with van der Waals surface area (Å²) in [5, 5.41) is 2.98. The molecule has 2 aromatic rings. The van der Waals surface area contributed by atoms with Crippen LogP contribution in [0.5, 0.6) is 0 Å². The Morgan fingerprint density at radius 2 is 1.91 bits per heavy atom. The molecule has 1 fully saturated rings. The van der Waals surface area contributed by atoms with E-state index in [4.69, 9.17) is 4.74 Å². The Bertz CT molecular complexity index is 990. The van der Waals surface area contributed by atoms with Crippen LogP contribution in [-0.2, 0) is 28.9 Å². The highest BCUT2D eigenvalue weighted by molar-refractivity contribution is 5.92. The van der Waals surface area contributed by atoms with Crippen molar-refractivity contribution in [1.29, 1.82) is 0 Å². The number of aromatic nitrogens is 2. The van der Waals surface area contributed by atoms with Gasteiger partial charge in [0, 0.05) is 59.0 Å². The van der Waals surface area contributed by atoms with Crippen molar-refractivity contribution in [3.8, 4) is 0 Å². The molecule has 2 amide bonds. The molecule has 0 aliphatic carbocycles. The number of hydrogen-bond acceptors (Lipinski definition) is 6. The van der Waals surface area contributed by atoms with Crippen LogP contribution >= 0.6 is 0 Å². The molecule has 0 bridgehead atoms. The molecule has 1 atom stereocenters. The summed E-state index contributed by atoms with van der Waals surface area (Å²) in [7, 11) is 1.69. The topological polar surface area (TPSA) is 87.7 Å². The largest absolute Gasteiger partial charge is 0.378 e. The molecule has 0 radical (unpaired) electrons. The van der Waals surface area contributed by atoms with Gasteiger partial charge in [-0.15, -0.1) is 0 Å². The molecule has 1 aromatic carbocycles. The lowest BCUT2D eigenvalue weighted by Gasteiger charge is -2.31. The van der Waals surface area contributed by atoms with Crippen molar-refractivity contribution in [2.75, 3.05) is 39.8 Å². The van der Waals surface area contributed by atoms with Gasteiger partial charge in [0.15, 0.2) is 0 Å². The standard InChI is InChI=1S/C26H35N5O3/c1-19(32)31-11-7-20(8-12-31)13-23-14-25(29-18-28-23)26(33)27-15-24(34-2)17-30-10-9-21-5-3-4-6-22(21)16-30/h3-6,14,18,20,24H,7-13,15-17H2,1-2H3,(H,27,33). The summed E-state index contributed by atoms with van der Waals surface area (Å²) in [6.07, 6.45) is 5.13. The van der Waals surface area contributed by atoms with Gasteiger partial charge in [0.1, 0.15) is 12.0 Å². The zero-order chi connectivity index (χ0) is 23.9. The van der Waals surface area contributed by atoms with E-state index in [0.29, 0.717) is 18.2 Å². The van der Waals surface area contributed by atoms with Gasteiger partial charge in [-0.1, -0.05) is 24.3 Å². The second-order valence-electron chi connectivity index (χ2n) is 9.37. The maximum atomic E-state index is 12.8. The van der Waals surface area contributed by atoms with Gasteiger partial charge in [-0.3, -0.25) is 14.5 Å². The number of nitrogens with one attached hydrogen (secondary N) is 1. The summed E-state index contributed by atoms with van der Waals surface area (Å²) < 4.78 is 5.66. The lowest BCUT2D eigenvalue weighted by Crippen LogP contribution is -2.43. The molecule has 1 saturated heterocycles. The van der Waals surface area contributed by atoms with E-state index in [2.05, 4.69) is 44.5 Å². The van der Waals surface area contributed by atoms with Crippen LogP contribution in [0.1, 0.15) is 47.1 Å². The van der Waals surface area contributed by atoms with Gasteiger partial charge in [0.2, 0.25) is 5.91 Å².